The Bertz CT molecular complexity index is 1000. The topological polar surface area (TPSA) is 51.9 Å². The van der Waals surface area contributed by atoms with Crippen LogP contribution in [0.4, 0.5) is 0 Å². The fraction of sp³-hybridized carbons (Fsp3) is 0.318. The molecule has 3 aromatic rings. The Morgan fingerprint density at radius 1 is 1.04 bits per heavy atom. The summed E-state index contributed by atoms with van der Waals surface area (Å²) < 4.78 is 16.8. The molecule has 0 saturated heterocycles. The summed E-state index contributed by atoms with van der Waals surface area (Å²) in [5.74, 6) is 1.55. The molecule has 5 heteroatoms. The maximum absolute atomic E-state index is 12.7. The molecule has 2 aromatic carbocycles. The van der Waals surface area contributed by atoms with Crippen LogP contribution in [0.25, 0.3) is 11.0 Å². The van der Waals surface area contributed by atoms with Gasteiger partial charge in [0.05, 0.1) is 12.7 Å². The van der Waals surface area contributed by atoms with Crippen LogP contribution in [0.5, 0.6) is 11.5 Å². The highest BCUT2D eigenvalue weighted by Crippen LogP contribution is 2.31. The third-order valence-electron chi connectivity index (χ3n) is 5.06. The number of amides is 1. The molecule has 1 aromatic heterocycles. The standard InChI is InChI=1S/C22H23NO4/c1-14-8-18-17(13-27-20(18)9-15(14)2)11-22(24)23(3)12-16-4-5-19-21(10-16)26-7-6-25-19/h4-5,8-10,13H,6-7,11-12H2,1-3H3. The number of carbonyl (C=O) groups is 1. The number of hydrogen-bond donors (Lipinski definition) is 0. The van der Waals surface area contributed by atoms with Gasteiger partial charge in [-0.25, -0.2) is 0 Å². The van der Waals surface area contributed by atoms with E-state index in [9.17, 15) is 4.79 Å². The number of furan rings is 1. The van der Waals surface area contributed by atoms with Crippen molar-refractivity contribution in [2.24, 2.45) is 0 Å². The second kappa shape index (κ2) is 6.99. The van der Waals surface area contributed by atoms with Crippen molar-refractivity contribution in [1.29, 1.82) is 0 Å². The van der Waals surface area contributed by atoms with Crippen molar-refractivity contribution >= 4 is 16.9 Å². The maximum atomic E-state index is 12.7. The number of rotatable bonds is 4. The normalized spacial score (nSPS) is 13.0. The van der Waals surface area contributed by atoms with Gasteiger partial charge >= 0.3 is 0 Å². The van der Waals surface area contributed by atoms with Crippen LogP contribution in [0, 0.1) is 13.8 Å². The summed E-state index contributed by atoms with van der Waals surface area (Å²) in [5.41, 5.74) is 5.15. The zero-order valence-electron chi connectivity index (χ0n) is 15.9. The fourth-order valence-corrected chi connectivity index (χ4v) is 3.32. The molecule has 0 atom stereocenters. The van der Waals surface area contributed by atoms with E-state index in [2.05, 4.69) is 19.9 Å². The van der Waals surface area contributed by atoms with E-state index >= 15 is 0 Å². The lowest BCUT2D eigenvalue weighted by Crippen LogP contribution is -2.27. The minimum absolute atomic E-state index is 0.0471. The van der Waals surface area contributed by atoms with Crippen molar-refractivity contribution in [2.45, 2.75) is 26.8 Å². The molecular formula is C22H23NO4. The number of ether oxygens (including phenoxy) is 2. The van der Waals surface area contributed by atoms with Gasteiger partial charge in [-0.05, 0) is 54.8 Å². The van der Waals surface area contributed by atoms with Crippen LogP contribution in [-0.4, -0.2) is 31.1 Å². The van der Waals surface area contributed by atoms with Gasteiger partial charge < -0.3 is 18.8 Å². The molecule has 0 N–H and O–H groups in total. The number of fused-ring (bicyclic) bond motifs is 2. The highest BCUT2D eigenvalue weighted by atomic mass is 16.6. The third kappa shape index (κ3) is 3.50. The molecule has 4 rings (SSSR count). The van der Waals surface area contributed by atoms with Gasteiger partial charge in [0.15, 0.2) is 11.5 Å². The lowest BCUT2D eigenvalue weighted by molar-refractivity contribution is -0.129. The average molecular weight is 365 g/mol. The van der Waals surface area contributed by atoms with E-state index in [1.165, 1.54) is 11.1 Å². The van der Waals surface area contributed by atoms with Crippen LogP contribution >= 0.6 is 0 Å². The molecule has 140 valence electrons. The van der Waals surface area contributed by atoms with Gasteiger partial charge in [0.2, 0.25) is 5.91 Å². The molecule has 2 heterocycles. The molecule has 5 nitrogen and oxygen atoms in total. The Balaban J connectivity index is 1.47. The smallest absolute Gasteiger partial charge is 0.227 e. The second-order valence-corrected chi connectivity index (χ2v) is 7.10. The predicted octanol–water partition coefficient (Wildman–Crippen LogP) is 4.02. The summed E-state index contributed by atoms with van der Waals surface area (Å²) in [7, 11) is 1.82. The summed E-state index contributed by atoms with van der Waals surface area (Å²) in [6.07, 6.45) is 2.01. The highest BCUT2D eigenvalue weighted by Gasteiger charge is 2.17. The van der Waals surface area contributed by atoms with Crippen LogP contribution < -0.4 is 9.47 Å². The van der Waals surface area contributed by atoms with E-state index in [1.54, 1.807) is 11.2 Å². The molecule has 0 bridgehead atoms. The quantitative estimate of drug-likeness (QED) is 0.701. The lowest BCUT2D eigenvalue weighted by atomic mass is 10.0. The molecule has 0 radical (unpaired) electrons. The predicted molar refractivity (Wildman–Crippen MR) is 103 cm³/mol. The minimum Gasteiger partial charge on any atom is -0.486 e. The van der Waals surface area contributed by atoms with Gasteiger partial charge in [0.25, 0.3) is 0 Å². The Morgan fingerprint density at radius 2 is 1.78 bits per heavy atom. The molecular weight excluding hydrogens is 342 g/mol. The first kappa shape index (κ1) is 17.5. The molecule has 27 heavy (non-hydrogen) atoms. The van der Waals surface area contributed by atoms with Crippen LogP contribution in [0.15, 0.2) is 41.0 Å². The largest absolute Gasteiger partial charge is 0.486 e. The number of hydrogen-bond acceptors (Lipinski definition) is 4. The van der Waals surface area contributed by atoms with E-state index in [0.717, 1.165) is 33.6 Å². The summed E-state index contributed by atoms with van der Waals surface area (Å²) in [6, 6.07) is 9.93. The van der Waals surface area contributed by atoms with Crippen LogP contribution in [0.3, 0.4) is 0 Å². The van der Waals surface area contributed by atoms with Crippen molar-refractivity contribution in [2.75, 3.05) is 20.3 Å². The molecule has 0 saturated carbocycles. The second-order valence-electron chi connectivity index (χ2n) is 7.10. The Labute approximate surface area is 158 Å². The van der Waals surface area contributed by atoms with Crippen LogP contribution in [0.1, 0.15) is 22.3 Å². The van der Waals surface area contributed by atoms with E-state index in [0.29, 0.717) is 26.2 Å². The molecule has 0 aliphatic carbocycles. The van der Waals surface area contributed by atoms with Crippen molar-refractivity contribution in [3.8, 4) is 11.5 Å². The number of likely N-dealkylation sites (N-methyl/N-ethyl adjacent to an activating group) is 1. The van der Waals surface area contributed by atoms with E-state index in [4.69, 9.17) is 13.9 Å². The van der Waals surface area contributed by atoms with Crippen LogP contribution in [0.2, 0.25) is 0 Å². The number of nitrogens with zero attached hydrogens (tertiary/aromatic N) is 1. The number of carbonyl (C=O) groups excluding carboxylic acids is 1. The zero-order valence-corrected chi connectivity index (χ0v) is 15.9. The average Bonchev–Trinajstić information content (AvgIpc) is 3.03. The van der Waals surface area contributed by atoms with Crippen molar-refractivity contribution < 1.29 is 18.7 Å². The lowest BCUT2D eigenvalue weighted by Gasteiger charge is -2.21. The third-order valence-corrected chi connectivity index (χ3v) is 5.06. The van der Waals surface area contributed by atoms with Gasteiger partial charge in [-0.15, -0.1) is 0 Å². The Hall–Kier alpha value is -2.95. The molecule has 0 spiro atoms. The van der Waals surface area contributed by atoms with Gasteiger partial charge in [-0.2, -0.15) is 0 Å². The molecule has 0 unspecified atom stereocenters. The Morgan fingerprint density at radius 3 is 2.59 bits per heavy atom. The van der Waals surface area contributed by atoms with Crippen molar-refractivity contribution in [1.82, 2.24) is 4.90 Å². The van der Waals surface area contributed by atoms with E-state index in [-0.39, 0.29) is 5.91 Å². The SMILES string of the molecule is Cc1cc2occ(CC(=O)N(C)Cc3ccc4c(c3)OCCO4)c2cc1C. The van der Waals surface area contributed by atoms with Gasteiger partial charge in [0.1, 0.15) is 18.8 Å². The molecule has 1 amide bonds. The summed E-state index contributed by atoms with van der Waals surface area (Å²) >= 11 is 0. The van der Waals surface area contributed by atoms with Crippen molar-refractivity contribution in [3.05, 3.63) is 58.8 Å². The van der Waals surface area contributed by atoms with Gasteiger partial charge in [-0.1, -0.05) is 6.07 Å². The van der Waals surface area contributed by atoms with E-state index < -0.39 is 0 Å². The molecule has 1 aliphatic rings. The first-order chi connectivity index (χ1) is 13.0. The van der Waals surface area contributed by atoms with E-state index in [1.807, 2.05) is 31.3 Å². The Kier molecular flexibility index (Phi) is 4.52. The number of benzene rings is 2. The molecule has 0 fully saturated rings. The van der Waals surface area contributed by atoms with Gasteiger partial charge in [-0.3, -0.25) is 4.79 Å². The summed E-state index contributed by atoms with van der Waals surface area (Å²) in [4.78, 5) is 14.5. The summed E-state index contributed by atoms with van der Waals surface area (Å²) in [5, 5.41) is 1.01. The van der Waals surface area contributed by atoms with Crippen LogP contribution in [-0.2, 0) is 17.8 Å². The first-order valence-corrected chi connectivity index (χ1v) is 9.11. The maximum Gasteiger partial charge on any atom is 0.227 e. The summed E-state index contributed by atoms with van der Waals surface area (Å²) in [6.45, 7) is 5.77. The fourth-order valence-electron chi connectivity index (χ4n) is 3.32. The molecule has 1 aliphatic heterocycles. The monoisotopic (exact) mass is 365 g/mol. The minimum atomic E-state index is 0.0471. The number of aryl methyl sites for hydroxylation is 2. The zero-order chi connectivity index (χ0) is 19.0. The van der Waals surface area contributed by atoms with Gasteiger partial charge in [0, 0.05) is 24.5 Å². The van der Waals surface area contributed by atoms with Crippen molar-refractivity contribution in [3.63, 3.8) is 0 Å². The first-order valence-electron chi connectivity index (χ1n) is 9.11. The highest BCUT2D eigenvalue weighted by molar-refractivity contribution is 5.88.